The van der Waals surface area contributed by atoms with Gasteiger partial charge in [0.1, 0.15) is 11.5 Å². The van der Waals surface area contributed by atoms with E-state index in [1.54, 1.807) is 31.4 Å². The molecule has 0 bridgehead atoms. The van der Waals surface area contributed by atoms with Gasteiger partial charge in [0.25, 0.3) is 0 Å². The number of methoxy groups -OCH3 is 1. The second kappa shape index (κ2) is 5.27. The van der Waals surface area contributed by atoms with E-state index in [0.717, 1.165) is 0 Å². The lowest BCUT2D eigenvalue weighted by molar-refractivity contribution is -0.163. The van der Waals surface area contributed by atoms with E-state index in [1.165, 1.54) is 0 Å². The van der Waals surface area contributed by atoms with Crippen molar-refractivity contribution in [1.29, 1.82) is 0 Å². The first kappa shape index (κ1) is 12.7. The van der Waals surface area contributed by atoms with Crippen molar-refractivity contribution < 1.29 is 24.1 Å². The molecular weight excluding hydrogens is 236 g/mol. The number of ether oxygens (including phenoxy) is 3. The van der Waals surface area contributed by atoms with Crippen molar-refractivity contribution in [2.45, 2.75) is 18.4 Å². The summed E-state index contributed by atoms with van der Waals surface area (Å²) in [6, 6.07) is 6.95. The molecule has 1 aromatic carbocycles. The molecule has 0 unspecified atom stereocenters. The molecule has 1 fully saturated rings. The Morgan fingerprint density at radius 3 is 2.61 bits per heavy atom. The average molecular weight is 252 g/mol. The van der Waals surface area contributed by atoms with Gasteiger partial charge in [-0.25, -0.2) is 4.79 Å². The van der Waals surface area contributed by atoms with Crippen LogP contribution in [0.2, 0.25) is 0 Å². The lowest BCUT2D eigenvalue weighted by Gasteiger charge is -2.33. The molecule has 0 saturated carbocycles. The van der Waals surface area contributed by atoms with Gasteiger partial charge >= 0.3 is 5.97 Å². The Hall–Kier alpha value is -1.75. The highest BCUT2D eigenvalue weighted by Crippen LogP contribution is 2.30. The van der Waals surface area contributed by atoms with Crippen LogP contribution in [-0.2, 0) is 9.53 Å². The molecule has 1 saturated heterocycles. The highest BCUT2D eigenvalue weighted by molar-refractivity contribution is 5.78. The Morgan fingerprint density at radius 1 is 1.33 bits per heavy atom. The molecule has 1 aliphatic rings. The van der Waals surface area contributed by atoms with E-state index >= 15 is 0 Å². The minimum atomic E-state index is -1.19. The van der Waals surface area contributed by atoms with Crippen LogP contribution < -0.4 is 9.47 Å². The van der Waals surface area contributed by atoms with Gasteiger partial charge in [-0.2, -0.15) is 0 Å². The van der Waals surface area contributed by atoms with Crippen molar-refractivity contribution in [3.05, 3.63) is 24.3 Å². The SMILES string of the molecule is COc1cccc(OC2(C(=O)O)CCOCC2)c1. The molecule has 0 atom stereocenters. The molecule has 0 amide bonds. The van der Waals surface area contributed by atoms with E-state index in [-0.39, 0.29) is 0 Å². The maximum atomic E-state index is 11.4. The fourth-order valence-electron chi connectivity index (χ4n) is 1.95. The molecule has 18 heavy (non-hydrogen) atoms. The standard InChI is InChI=1S/C13H16O5/c1-16-10-3-2-4-11(9-10)18-13(12(14)15)5-7-17-8-6-13/h2-4,9H,5-8H2,1H3,(H,14,15). The van der Waals surface area contributed by atoms with E-state index in [1.807, 2.05) is 0 Å². The molecule has 1 aliphatic heterocycles. The van der Waals surface area contributed by atoms with E-state index in [4.69, 9.17) is 14.2 Å². The van der Waals surface area contributed by atoms with Gasteiger partial charge in [0.2, 0.25) is 5.60 Å². The van der Waals surface area contributed by atoms with E-state index in [2.05, 4.69) is 0 Å². The van der Waals surface area contributed by atoms with E-state index < -0.39 is 11.6 Å². The molecule has 1 N–H and O–H groups in total. The van der Waals surface area contributed by atoms with Crippen LogP contribution in [-0.4, -0.2) is 37.0 Å². The average Bonchev–Trinajstić information content (AvgIpc) is 2.40. The Bertz CT molecular complexity index is 423. The van der Waals surface area contributed by atoms with Crippen molar-refractivity contribution in [1.82, 2.24) is 0 Å². The molecule has 1 heterocycles. The van der Waals surface area contributed by atoms with E-state index in [9.17, 15) is 9.90 Å². The number of hydrogen-bond acceptors (Lipinski definition) is 4. The largest absolute Gasteiger partial charge is 0.497 e. The predicted molar refractivity (Wildman–Crippen MR) is 64.0 cm³/mol. The second-order valence-electron chi connectivity index (χ2n) is 4.19. The van der Waals surface area contributed by atoms with Gasteiger partial charge in [0.15, 0.2) is 0 Å². The maximum Gasteiger partial charge on any atom is 0.348 e. The molecule has 1 aromatic rings. The summed E-state index contributed by atoms with van der Waals surface area (Å²) in [5, 5.41) is 9.36. The fraction of sp³-hybridized carbons (Fsp3) is 0.462. The Balaban J connectivity index is 2.20. The number of rotatable bonds is 4. The van der Waals surface area contributed by atoms with Crippen LogP contribution in [0.1, 0.15) is 12.8 Å². The quantitative estimate of drug-likeness (QED) is 0.883. The van der Waals surface area contributed by atoms with Crippen molar-refractivity contribution >= 4 is 5.97 Å². The van der Waals surface area contributed by atoms with Gasteiger partial charge in [-0.15, -0.1) is 0 Å². The molecule has 5 heteroatoms. The first-order valence-electron chi connectivity index (χ1n) is 5.80. The minimum Gasteiger partial charge on any atom is -0.497 e. The number of carboxylic acids is 1. The van der Waals surface area contributed by atoms with Crippen LogP contribution in [0.4, 0.5) is 0 Å². The van der Waals surface area contributed by atoms with Gasteiger partial charge in [-0.1, -0.05) is 6.07 Å². The lowest BCUT2D eigenvalue weighted by Crippen LogP contribution is -2.49. The summed E-state index contributed by atoms with van der Waals surface area (Å²) in [5.41, 5.74) is -1.19. The monoisotopic (exact) mass is 252 g/mol. The summed E-state index contributed by atoms with van der Waals surface area (Å²) < 4.78 is 16.0. The van der Waals surface area contributed by atoms with Crippen LogP contribution in [0.3, 0.4) is 0 Å². The van der Waals surface area contributed by atoms with Gasteiger partial charge in [-0.05, 0) is 12.1 Å². The molecular formula is C13H16O5. The lowest BCUT2D eigenvalue weighted by atomic mass is 9.94. The molecule has 98 valence electrons. The third-order valence-corrected chi connectivity index (χ3v) is 3.04. The van der Waals surface area contributed by atoms with Crippen LogP contribution >= 0.6 is 0 Å². The molecule has 5 nitrogen and oxygen atoms in total. The van der Waals surface area contributed by atoms with Crippen LogP contribution in [0.15, 0.2) is 24.3 Å². The van der Waals surface area contributed by atoms with Gasteiger partial charge in [-0.3, -0.25) is 0 Å². The van der Waals surface area contributed by atoms with E-state index in [0.29, 0.717) is 37.6 Å². The highest BCUT2D eigenvalue weighted by atomic mass is 16.5. The molecule has 0 aliphatic carbocycles. The predicted octanol–water partition coefficient (Wildman–Crippen LogP) is 1.71. The van der Waals surface area contributed by atoms with Crippen molar-refractivity contribution in [3.63, 3.8) is 0 Å². The summed E-state index contributed by atoms with van der Waals surface area (Å²) in [6.07, 6.45) is 0.694. The molecule has 0 spiro atoms. The summed E-state index contributed by atoms with van der Waals surface area (Å²) in [4.78, 5) is 11.4. The van der Waals surface area contributed by atoms with Gasteiger partial charge in [0.05, 0.1) is 20.3 Å². The Kier molecular flexibility index (Phi) is 3.72. The van der Waals surface area contributed by atoms with Crippen LogP contribution in [0.5, 0.6) is 11.5 Å². The third-order valence-electron chi connectivity index (χ3n) is 3.04. The first-order valence-corrected chi connectivity index (χ1v) is 5.80. The van der Waals surface area contributed by atoms with Gasteiger partial charge < -0.3 is 19.3 Å². The minimum absolute atomic E-state index is 0.347. The zero-order chi connectivity index (χ0) is 13.0. The number of hydrogen-bond donors (Lipinski definition) is 1. The molecule has 0 radical (unpaired) electrons. The number of carbonyl (C=O) groups is 1. The maximum absolute atomic E-state index is 11.4. The number of aliphatic carboxylic acids is 1. The normalized spacial score (nSPS) is 18.1. The zero-order valence-electron chi connectivity index (χ0n) is 10.2. The molecule has 0 aromatic heterocycles. The molecule has 2 rings (SSSR count). The number of benzene rings is 1. The Labute approximate surface area is 105 Å². The summed E-state index contributed by atoms with van der Waals surface area (Å²) >= 11 is 0. The zero-order valence-corrected chi connectivity index (χ0v) is 10.2. The first-order chi connectivity index (χ1) is 8.66. The fourth-order valence-corrected chi connectivity index (χ4v) is 1.95. The summed E-state index contributed by atoms with van der Waals surface area (Å²) in [5.74, 6) is 0.187. The van der Waals surface area contributed by atoms with Crippen molar-refractivity contribution in [2.75, 3.05) is 20.3 Å². The Morgan fingerprint density at radius 2 is 2.00 bits per heavy atom. The van der Waals surface area contributed by atoms with Crippen LogP contribution in [0.25, 0.3) is 0 Å². The van der Waals surface area contributed by atoms with Crippen molar-refractivity contribution in [3.8, 4) is 11.5 Å². The summed E-state index contributed by atoms with van der Waals surface area (Å²) in [6.45, 7) is 0.798. The second-order valence-corrected chi connectivity index (χ2v) is 4.19. The number of carboxylic acid groups (broad SMARTS) is 1. The van der Waals surface area contributed by atoms with Crippen molar-refractivity contribution in [2.24, 2.45) is 0 Å². The third kappa shape index (κ3) is 2.56. The highest BCUT2D eigenvalue weighted by Gasteiger charge is 2.42. The summed E-state index contributed by atoms with van der Waals surface area (Å²) in [7, 11) is 1.56. The smallest absolute Gasteiger partial charge is 0.348 e. The van der Waals surface area contributed by atoms with Crippen LogP contribution in [0, 0.1) is 0 Å². The van der Waals surface area contributed by atoms with Gasteiger partial charge in [0, 0.05) is 18.9 Å². The topological polar surface area (TPSA) is 65.0 Å².